The Labute approximate surface area is 153 Å². The van der Waals surface area contributed by atoms with Crippen molar-refractivity contribution >= 4 is 21.7 Å². The number of amides is 1. The van der Waals surface area contributed by atoms with Crippen LogP contribution < -0.4 is 14.8 Å². The first kappa shape index (κ1) is 20.6. The number of benzene rings is 1. The van der Waals surface area contributed by atoms with E-state index in [0.29, 0.717) is 5.82 Å². The molecule has 0 saturated carbocycles. The van der Waals surface area contributed by atoms with Gasteiger partial charge in [0.25, 0.3) is 0 Å². The lowest BCUT2D eigenvalue weighted by molar-refractivity contribution is -0.274. The number of hydrogen-bond donors (Lipinski definition) is 2. The molecule has 0 radical (unpaired) electrons. The highest BCUT2D eigenvalue weighted by molar-refractivity contribution is 7.89. The Balaban J connectivity index is 1.89. The van der Waals surface area contributed by atoms with Crippen LogP contribution in [0.2, 0.25) is 0 Å². The van der Waals surface area contributed by atoms with Crippen LogP contribution in [0.15, 0.2) is 47.5 Å². The van der Waals surface area contributed by atoms with Crippen LogP contribution in [-0.2, 0) is 14.8 Å². The predicted molar refractivity (Wildman–Crippen MR) is 90.5 cm³/mol. The van der Waals surface area contributed by atoms with Crippen LogP contribution in [0, 0.1) is 6.92 Å². The van der Waals surface area contributed by atoms with E-state index in [1.54, 1.807) is 19.1 Å². The van der Waals surface area contributed by atoms with Gasteiger partial charge in [-0.2, -0.15) is 0 Å². The number of alkyl halides is 3. The second-order valence-corrected chi connectivity index (χ2v) is 7.15. The van der Waals surface area contributed by atoms with Gasteiger partial charge in [0.2, 0.25) is 15.9 Å². The maximum absolute atomic E-state index is 12.1. The number of anilines is 1. The van der Waals surface area contributed by atoms with E-state index in [9.17, 15) is 26.4 Å². The van der Waals surface area contributed by atoms with Crippen LogP contribution in [0.3, 0.4) is 0 Å². The molecule has 1 amide bonds. The third-order valence-electron chi connectivity index (χ3n) is 3.28. The van der Waals surface area contributed by atoms with Crippen LogP contribution in [0.5, 0.6) is 5.75 Å². The fourth-order valence-corrected chi connectivity index (χ4v) is 3.05. The minimum atomic E-state index is -4.86. The van der Waals surface area contributed by atoms with Gasteiger partial charge in [-0.25, -0.2) is 18.1 Å². The SMILES string of the molecule is Cc1cccnc1NC(=O)CCNS(=O)(=O)c1ccc(OC(F)(F)F)cc1. The summed E-state index contributed by atoms with van der Waals surface area (Å²) in [6, 6.07) is 7.19. The quantitative estimate of drug-likeness (QED) is 0.741. The highest BCUT2D eigenvalue weighted by Gasteiger charge is 2.31. The molecule has 0 saturated heterocycles. The minimum absolute atomic E-state index is 0.148. The number of hydrogen-bond acceptors (Lipinski definition) is 5. The highest BCUT2D eigenvalue weighted by atomic mass is 32.2. The molecular weight excluding hydrogens is 387 g/mol. The van der Waals surface area contributed by atoms with Gasteiger partial charge in [0.15, 0.2) is 0 Å². The molecule has 0 fully saturated rings. The van der Waals surface area contributed by atoms with Crippen LogP contribution >= 0.6 is 0 Å². The van der Waals surface area contributed by atoms with Crippen molar-refractivity contribution in [3.63, 3.8) is 0 Å². The number of nitrogens with one attached hydrogen (secondary N) is 2. The lowest BCUT2D eigenvalue weighted by atomic mass is 10.3. The monoisotopic (exact) mass is 403 g/mol. The molecule has 146 valence electrons. The molecule has 7 nitrogen and oxygen atoms in total. The van der Waals surface area contributed by atoms with Crippen molar-refractivity contribution in [2.45, 2.75) is 24.6 Å². The van der Waals surface area contributed by atoms with E-state index in [4.69, 9.17) is 0 Å². The van der Waals surface area contributed by atoms with Gasteiger partial charge in [0.1, 0.15) is 11.6 Å². The number of rotatable bonds is 7. The lowest BCUT2D eigenvalue weighted by Gasteiger charge is -2.10. The first-order valence-corrected chi connectivity index (χ1v) is 9.12. The average molecular weight is 403 g/mol. The molecule has 1 aromatic carbocycles. The molecule has 1 heterocycles. The van der Waals surface area contributed by atoms with Crippen molar-refractivity contribution < 1.29 is 31.1 Å². The number of carbonyl (C=O) groups excluding carboxylic acids is 1. The molecule has 0 atom stereocenters. The molecule has 0 aliphatic heterocycles. The number of nitrogens with zero attached hydrogens (tertiary/aromatic N) is 1. The molecule has 2 aromatic rings. The Hall–Kier alpha value is -2.66. The van der Waals surface area contributed by atoms with Crippen LogP contribution in [0.1, 0.15) is 12.0 Å². The van der Waals surface area contributed by atoms with Gasteiger partial charge in [-0.1, -0.05) is 6.07 Å². The van der Waals surface area contributed by atoms with Crippen LogP contribution in [0.25, 0.3) is 0 Å². The van der Waals surface area contributed by atoms with Crippen LogP contribution in [0.4, 0.5) is 19.0 Å². The summed E-state index contributed by atoms with van der Waals surface area (Å²) in [5, 5.41) is 2.56. The van der Waals surface area contributed by atoms with E-state index in [1.165, 1.54) is 6.20 Å². The Bertz CT molecular complexity index is 900. The summed E-state index contributed by atoms with van der Waals surface area (Å²) in [6.07, 6.45) is -3.50. The maximum Gasteiger partial charge on any atom is 0.573 e. The molecule has 0 bridgehead atoms. The van der Waals surface area contributed by atoms with Crippen molar-refractivity contribution in [3.05, 3.63) is 48.2 Å². The summed E-state index contributed by atoms with van der Waals surface area (Å²) in [4.78, 5) is 15.6. The zero-order valence-corrected chi connectivity index (χ0v) is 14.9. The fourth-order valence-electron chi connectivity index (χ4n) is 2.01. The van der Waals surface area contributed by atoms with E-state index < -0.39 is 28.0 Å². The van der Waals surface area contributed by atoms with Gasteiger partial charge in [-0.15, -0.1) is 13.2 Å². The molecular formula is C16H16F3N3O4S. The zero-order valence-electron chi connectivity index (χ0n) is 14.1. The van der Waals surface area contributed by atoms with E-state index >= 15 is 0 Å². The second-order valence-electron chi connectivity index (χ2n) is 5.38. The van der Waals surface area contributed by atoms with E-state index in [0.717, 1.165) is 29.8 Å². The summed E-state index contributed by atoms with van der Waals surface area (Å²) in [6.45, 7) is 1.57. The first-order chi connectivity index (χ1) is 12.6. The summed E-state index contributed by atoms with van der Waals surface area (Å²) < 4.78 is 66.4. The van der Waals surface area contributed by atoms with Crippen molar-refractivity contribution in [3.8, 4) is 5.75 Å². The average Bonchev–Trinajstić information content (AvgIpc) is 2.56. The minimum Gasteiger partial charge on any atom is -0.406 e. The second kappa shape index (κ2) is 8.35. The Kier molecular flexibility index (Phi) is 6.39. The van der Waals surface area contributed by atoms with Gasteiger partial charge in [0, 0.05) is 19.2 Å². The number of halogens is 3. The third-order valence-corrected chi connectivity index (χ3v) is 4.76. The Morgan fingerprint density at radius 2 is 1.85 bits per heavy atom. The standard InChI is InChI=1S/C16H16F3N3O4S/c1-11-3-2-9-20-15(11)22-14(23)8-10-21-27(24,25)13-6-4-12(5-7-13)26-16(17,18)19/h2-7,9,21H,8,10H2,1H3,(H,20,22,23). The number of carbonyl (C=O) groups is 1. The van der Waals surface area contributed by atoms with Crippen molar-refractivity contribution in [1.82, 2.24) is 9.71 Å². The molecule has 11 heteroatoms. The van der Waals surface area contributed by atoms with E-state index in [2.05, 4.69) is 19.8 Å². The Morgan fingerprint density at radius 1 is 1.19 bits per heavy atom. The van der Waals surface area contributed by atoms with Gasteiger partial charge < -0.3 is 10.1 Å². The Morgan fingerprint density at radius 3 is 2.44 bits per heavy atom. The summed E-state index contributed by atoms with van der Waals surface area (Å²) in [5.74, 6) is -0.592. The third kappa shape index (κ3) is 6.53. The number of aromatic nitrogens is 1. The molecule has 0 spiro atoms. The normalized spacial score (nSPS) is 11.9. The van der Waals surface area contributed by atoms with Gasteiger partial charge in [-0.3, -0.25) is 4.79 Å². The van der Waals surface area contributed by atoms with Gasteiger partial charge in [-0.05, 0) is 42.8 Å². The van der Waals surface area contributed by atoms with Gasteiger partial charge in [0.05, 0.1) is 4.90 Å². The summed E-state index contributed by atoms with van der Waals surface area (Å²) in [5.41, 5.74) is 0.757. The predicted octanol–water partition coefficient (Wildman–Crippen LogP) is 2.60. The highest BCUT2D eigenvalue weighted by Crippen LogP contribution is 2.23. The summed E-state index contributed by atoms with van der Waals surface area (Å²) >= 11 is 0. The van der Waals surface area contributed by atoms with Gasteiger partial charge >= 0.3 is 6.36 Å². The number of pyridine rings is 1. The smallest absolute Gasteiger partial charge is 0.406 e. The molecule has 27 heavy (non-hydrogen) atoms. The largest absolute Gasteiger partial charge is 0.573 e. The van der Waals surface area contributed by atoms with Crippen molar-refractivity contribution in [2.75, 3.05) is 11.9 Å². The van der Waals surface area contributed by atoms with E-state index in [1.807, 2.05) is 0 Å². The summed E-state index contributed by atoms with van der Waals surface area (Å²) in [7, 11) is -3.98. The molecule has 0 aliphatic rings. The maximum atomic E-state index is 12.1. The number of ether oxygens (including phenoxy) is 1. The fraction of sp³-hybridized carbons (Fsp3) is 0.250. The van der Waals surface area contributed by atoms with Crippen molar-refractivity contribution in [1.29, 1.82) is 0 Å². The molecule has 0 aliphatic carbocycles. The number of aryl methyl sites for hydroxylation is 1. The zero-order chi connectivity index (χ0) is 20.1. The van der Waals surface area contributed by atoms with Crippen molar-refractivity contribution in [2.24, 2.45) is 0 Å². The number of sulfonamides is 1. The molecule has 2 N–H and O–H groups in total. The van der Waals surface area contributed by atoms with E-state index in [-0.39, 0.29) is 17.9 Å². The first-order valence-electron chi connectivity index (χ1n) is 7.64. The molecule has 2 rings (SSSR count). The van der Waals surface area contributed by atoms with Crippen LogP contribution in [-0.4, -0.2) is 32.2 Å². The molecule has 1 aromatic heterocycles. The molecule has 0 unspecified atom stereocenters. The topological polar surface area (TPSA) is 97.4 Å². The lowest BCUT2D eigenvalue weighted by Crippen LogP contribution is -2.28.